The molecule has 12 heteroatoms. The van der Waals surface area contributed by atoms with Gasteiger partial charge in [-0.15, -0.1) is 0 Å². The third-order valence-electron chi connectivity index (χ3n) is 5.59. The predicted octanol–water partition coefficient (Wildman–Crippen LogP) is -3.97. The van der Waals surface area contributed by atoms with Crippen molar-refractivity contribution in [1.29, 1.82) is 0 Å². The Bertz CT molecular complexity index is 524. The number of ether oxygens (including phenoxy) is 4. The summed E-state index contributed by atoms with van der Waals surface area (Å²) in [6.45, 7) is 2.81. The Labute approximate surface area is 174 Å². The van der Waals surface area contributed by atoms with Crippen LogP contribution in [0.4, 0.5) is 0 Å². The van der Waals surface area contributed by atoms with Gasteiger partial charge < -0.3 is 59.8 Å². The minimum atomic E-state index is -1.70. The van der Waals surface area contributed by atoms with Crippen molar-refractivity contribution < 1.29 is 59.8 Å². The zero-order valence-electron chi connectivity index (χ0n) is 17.2. The van der Waals surface area contributed by atoms with Gasteiger partial charge in [-0.1, -0.05) is 6.92 Å². The summed E-state index contributed by atoms with van der Waals surface area (Å²) in [5.41, 5.74) is -1.48. The molecule has 11 atom stereocenters. The van der Waals surface area contributed by atoms with Crippen molar-refractivity contribution in [3.05, 3.63) is 0 Å². The first kappa shape index (κ1) is 25.8. The molecule has 0 aromatic carbocycles. The number of aliphatic hydroxyl groups is 8. The molecule has 0 spiro atoms. The van der Waals surface area contributed by atoms with Crippen LogP contribution >= 0.6 is 0 Å². The maximum absolute atomic E-state index is 10.4. The lowest BCUT2D eigenvalue weighted by Gasteiger charge is -2.46. The Hall–Kier alpha value is -0.480. The van der Waals surface area contributed by atoms with Gasteiger partial charge in [0.25, 0.3) is 0 Å². The van der Waals surface area contributed by atoms with Crippen LogP contribution in [0.15, 0.2) is 0 Å². The molecule has 0 saturated carbocycles. The summed E-state index contributed by atoms with van der Waals surface area (Å²) in [4.78, 5) is 0. The van der Waals surface area contributed by atoms with Crippen LogP contribution in [0.2, 0.25) is 0 Å². The second-order valence-electron chi connectivity index (χ2n) is 8.38. The molecule has 2 saturated heterocycles. The van der Waals surface area contributed by atoms with Gasteiger partial charge in [0.15, 0.2) is 12.6 Å². The van der Waals surface area contributed by atoms with E-state index in [0.29, 0.717) is 0 Å². The highest BCUT2D eigenvalue weighted by atomic mass is 16.8. The van der Waals surface area contributed by atoms with Gasteiger partial charge >= 0.3 is 0 Å². The Balaban J connectivity index is 2.05. The molecule has 0 radical (unpaired) electrons. The van der Waals surface area contributed by atoms with Crippen molar-refractivity contribution in [2.45, 2.75) is 87.8 Å². The molecule has 0 aromatic rings. The van der Waals surface area contributed by atoms with E-state index >= 15 is 0 Å². The van der Waals surface area contributed by atoms with Crippen LogP contribution in [-0.4, -0.2) is 128 Å². The van der Waals surface area contributed by atoms with E-state index in [4.69, 9.17) is 18.9 Å². The van der Waals surface area contributed by atoms with Crippen molar-refractivity contribution in [2.24, 2.45) is 5.92 Å². The summed E-state index contributed by atoms with van der Waals surface area (Å²) < 4.78 is 21.6. The molecule has 2 aliphatic rings. The highest BCUT2D eigenvalue weighted by molar-refractivity contribution is 4.92. The Morgan fingerprint density at radius 2 is 1.37 bits per heavy atom. The fraction of sp³-hybridized carbons (Fsp3) is 1.00. The van der Waals surface area contributed by atoms with Gasteiger partial charge in [-0.25, -0.2) is 0 Å². The van der Waals surface area contributed by atoms with Gasteiger partial charge in [-0.3, -0.25) is 0 Å². The minimum Gasteiger partial charge on any atom is -0.394 e. The van der Waals surface area contributed by atoms with Gasteiger partial charge in [-0.2, -0.15) is 0 Å². The molecule has 178 valence electrons. The summed E-state index contributed by atoms with van der Waals surface area (Å²) in [7, 11) is 0. The molecule has 0 amide bonds. The molecular weight excluding hydrogens is 408 g/mol. The van der Waals surface area contributed by atoms with E-state index in [1.165, 1.54) is 13.8 Å². The highest BCUT2D eigenvalue weighted by Gasteiger charge is 2.50. The van der Waals surface area contributed by atoms with Crippen LogP contribution in [-0.2, 0) is 18.9 Å². The standard InChI is InChI=1S/C18H34O12/c1-7-8(4-19)28-16(13(24)11(7)22)30-17-14(25)12(23)15(9(5-20)29-17)27-6-10(21)18(2,3)26/h7-17,19-26H,4-6H2,1-3H3/t7-,8?,9?,10+,11?,12-,13?,14?,15-,16-,17-/m1/s1. The van der Waals surface area contributed by atoms with Gasteiger partial charge in [0.05, 0.1) is 37.6 Å². The Morgan fingerprint density at radius 3 is 1.87 bits per heavy atom. The number of aliphatic hydroxyl groups excluding tert-OH is 7. The Morgan fingerprint density at radius 1 is 0.867 bits per heavy atom. The number of rotatable bonds is 8. The maximum atomic E-state index is 10.4. The molecule has 2 heterocycles. The zero-order valence-corrected chi connectivity index (χ0v) is 17.2. The van der Waals surface area contributed by atoms with E-state index in [0.717, 1.165) is 0 Å². The number of hydrogen-bond donors (Lipinski definition) is 8. The van der Waals surface area contributed by atoms with Crippen LogP contribution in [0.5, 0.6) is 0 Å². The van der Waals surface area contributed by atoms with E-state index < -0.39 is 92.8 Å². The lowest BCUT2D eigenvalue weighted by atomic mass is 9.91. The van der Waals surface area contributed by atoms with Crippen molar-refractivity contribution in [1.82, 2.24) is 0 Å². The monoisotopic (exact) mass is 442 g/mol. The van der Waals surface area contributed by atoms with E-state index in [1.807, 2.05) is 0 Å². The van der Waals surface area contributed by atoms with Crippen LogP contribution in [0.25, 0.3) is 0 Å². The van der Waals surface area contributed by atoms with Crippen LogP contribution in [0.1, 0.15) is 20.8 Å². The molecule has 2 rings (SSSR count). The maximum Gasteiger partial charge on any atom is 0.189 e. The van der Waals surface area contributed by atoms with E-state index in [-0.39, 0.29) is 0 Å². The fourth-order valence-electron chi connectivity index (χ4n) is 3.30. The van der Waals surface area contributed by atoms with Gasteiger partial charge in [0.2, 0.25) is 0 Å². The molecule has 12 nitrogen and oxygen atoms in total. The molecule has 5 unspecified atom stereocenters. The molecule has 2 aliphatic heterocycles. The zero-order chi connectivity index (χ0) is 22.8. The largest absolute Gasteiger partial charge is 0.394 e. The van der Waals surface area contributed by atoms with Gasteiger partial charge in [0, 0.05) is 5.92 Å². The number of hydrogen-bond acceptors (Lipinski definition) is 12. The molecular formula is C18H34O12. The first-order valence-electron chi connectivity index (χ1n) is 9.84. The van der Waals surface area contributed by atoms with E-state index in [9.17, 15) is 40.9 Å². The first-order valence-corrected chi connectivity index (χ1v) is 9.84. The Kier molecular flexibility index (Phi) is 8.96. The lowest BCUT2D eigenvalue weighted by molar-refractivity contribution is -0.375. The summed E-state index contributed by atoms with van der Waals surface area (Å²) >= 11 is 0. The van der Waals surface area contributed by atoms with Gasteiger partial charge in [-0.05, 0) is 13.8 Å². The quantitative estimate of drug-likeness (QED) is 0.182. The highest BCUT2D eigenvalue weighted by Crippen LogP contribution is 2.31. The third kappa shape index (κ3) is 5.65. The molecule has 0 aromatic heterocycles. The van der Waals surface area contributed by atoms with Crippen molar-refractivity contribution in [3.63, 3.8) is 0 Å². The van der Waals surface area contributed by atoms with E-state index in [1.54, 1.807) is 6.92 Å². The average molecular weight is 442 g/mol. The topological polar surface area (TPSA) is 199 Å². The smallest absolute Gasteiger partial charge is 0.189 e. The van der Waals surface area contributed by atoms with Crippen molar-refractivity contribution in [2.75, 3.05) is 19.8 Å². The van der Waals surface area contributed by atoms with Gasteiger partial charge in [0.1, 0.15) is 36.6 Å². The van der Waals surface area contributed by atoms with Crippen molar-refractivity contribution in [3.8, 4) is 0 Å². The summed E-state index contributed by atoms with van der Waals surface area (Å²) in [6, 6.07) is 0. The molecule has 0 bridgehead atoms. The SMILES string of the molecule is C[C@@H]1C(CO)O[C@H](O[C@H]2OC(CO)[C@@H](OC[C@H](O)C(C)(C)O)[C@H](O)C2O)C(O)C1O. The second kappa shape index (κ2) is 10.4. The molecule has 30 heavy (non-hydrogen) atoms. The molecule has 8 N–H and O–H groups in total. The normalized spacial score (nSPS) is 44.1. The summed E-state index contributed by atoms with van der Waals surface area (Å²) in [5, 5.41) is 79.8. The third-order valence-corrected chi connectivity index (χ3v) is 5.59. The average Bonchev–Trinajstić information content (AvgIpc) is 2.69. The molecule has 0 aliphatic carbocycles. The lowest BCUT2D eigenvalue weighted by Crippen LogP contribution is -2.63. The second-order valence-corrected chi connectivity index (χ2v) is 8.38. The first-order chi connectivity index (χ1) is 13.9. The van der Waals surface area contributed by atoms with Crippen LogP contribution in [0.3, 0.4) is 0 Å². The molecule has 2 fully saturated rings. The summed E-state index contributed by atoms with van der Waals surface area (Å²) in [6.07, 6.45) is -13.7. The van der Waals surface area contributed by atoms with Crippen molar-refractivity contribution >= 4 is 0 Å². The fourth-order valence-corrected chi connectivity index (χ4v) is 3.30. The minimum absolute atomic E-state index is 0.407. The van der Waals surface area contributed by atoms with Crippen LogP contribution in [0, 0.1) is 5.92 Å². The predicted molar refractivity (Wildman–Crippen MR) is 97.8 cm³/mol. The van der Waals surface area contributed by atoms with Crippen LogP contribution < -0.4 is 0 Å². The summed E-state index contributed by atoms with van der Waals surface area (Å²) in [5.74, 6) is -0.585. The van der Waals surface area contributed by atoms with E-state index in [2.05, 4.69) is 0 Å².